The Balaban J connectivity index is 1.80. The monoisotopic (exact) mass is 408 g/mol. The summed E-state index contributed by atoms with van der Waals surface area (Å²) < 4.78 is 6.37. The average molecular weight is 409 g/mol. The van der Waals surface area contributed by atoms with Gasteiger partial charge in [-0.15, -0.1) is 11.3 Å². The Morgan fingerprint density at radius 2 is 2.08 bits per heavy atom. The van der Waals surface area contributed by atoms with Gasteiger partial charge in [-0.05, 0) is 55.1 Å². The van der Waals surface area contributed by atoms with Crippen LogP contribution in [-0.2, 0) is 9.59 Å². The number of aryl methyl sites for hydroxylation is 1. The van der Waals surface area contributed by atoms with Gasteiger partial charge >= 0.3 is 0 Å². The standard InChI is InChI=1S/C17H17BrN2O3S/c1-11-8-9-24-15(11)6-7-16(21)19-20-17(22)12(2)23-14-5-3-4-13(18)10-14/h3-10,12H,1-2H3,(H,19,21)(H,20,22)/b7-6+/t12-/m0/s1. The maximum Gasteiger partial charge on any atom is 0.279 e. The van der Waals surface area contributed by atoms with E-state index in [1.165, 1.54) is 6.08 Å². The molecule has 0 radical (unpaired) electrons. The number of carbonyl (C=O) groups is 2. The molecule has 2 rings (SSSR count). The topological polar surface area (TPSA) is 67.4 Å². The van der Waals surface area contributed by atoms with Crippen LogP contribution in [0, 0.1) is 6.92 Å². The third-order valence-electron chi connectivity index (χ3n) is 3.07. The number of ether oxygens (including phenoxy) is 1. The summed E-state index contributed by atoms with van der Waals surface area (Å²) in [4.78, 5) is 24.7. The van der Waals surface area contributed by atoms with Gasteiger partial charge in [0.25, 0.3) is 11.8 Å². The predicted molar refractivity (Wildman–Crippen MR) is 98.6 cm³/mol. The van der Waals surface area contributed by atoms with Crippen LogP contribution in [0.4, 0.5) is 0 Å². The Morgan fingerprint density at radius 3 is 2.75 bits per heavy atom. The van der Waals surface area contributed by atoms with Gasteiger partial charge in [0.15, 0.2) is 6.10 Å². The van der Waals surface area contributed by atoms with Crippen LogP contribution in [0.25, 0.3) is 6.08 Å². The molecule has 0 saturated heterocycles. The predicted octanol–water partition coefficient (Wildman–Crippen LogP) is 3.45. The summed E-state index contributed by atoms with van der Waals surface area (Å²) in [5.41, 5.74) is 5.77. The highest BCUT2D eigenvalue weighted by Crippen LogP contribution is 2.19. The van der Waals surface area contributed by atoms with Crippen LogP contribution in [0.2, 0.25) is 0 Å². The van der Waals surface area contributed by atoms with Crippen molar-refractivity contribution < 1.29 is 14.3 Å². The molecule has 1 heterocycles. The normalized spacial score (nSPS) is 12.0. The lowest BCUT2D eigenvalue weighted by Crippen LogP contribution is -2.46. The van der Waals surface area contributed by atoms with Crippen molar-refractivity contribution in [1.29, 1.82) is 0 Å². The van der Waals surface area contributed by atoms with Crippen LogP contribution < -0.4 is 15.6 Å². The lowest BCUT2D eigenvalue weighted by Gasteiger charge is -2.14. The Hall–Kier alpha value is -2.12. The molecule has 5 nitrogen and oxygen atoms in total. The van der Waals surface area contributed by atoms with E-state index in [1.807, 2.05) is 30.5 Å². The minimum absolute atomic E-state index is 0.411. The number of hydrogen-bond donors (Lipinski definition) is 2. The van der Waals surface area contributed by atoms with E-state index in [0.717, 1.165) is 14.9 Å². The molecule has 2 aromatic rings. The van der Waals surface area contributed by atoms with Crippen LogP contribution in [0.1, 0.15) is 17.4 Å². The molecule has 2 amide bonds. The van der Waals surface area contributed by atoms with Crippen molar-refractivity contribution in [2.24, 2.45) is 0 Å². The van der Waals surface area contributed by atoms with Crippen molar-refractivity contribution in [3.63, 3.8) is 0 Å². The lowest BCUT2D eigenvalue weighted by atomic mass is 10.3. The zero-order chi connectivity index (χ0) is 17.5. The molecular formula is C17H17BrN2O3S. The van der Waals surface area contributed by atoms with Crippen molar-refractivity contribution in [2.45, 2.75) is 20.0 Å². The van der Waals surface area contributed by atoms with E-state index in [-0.39, 0.29) is 0 Å². The SMILES string of the molecule is Cc1ccsc1/C=C/C(=O)NNC(=O)[C@H](C)Oc1cccc(Br)c1. The van der Waals surface area contributed by atoms with E-state index in [1.54, 1.807) is 36.5 Å². The number of carbonyl (C=O) groups excluding carboxylic acids is 2. The average Bonchev–Trinajstić information content (AvgIpc) is 2.95. The molecule has 0 unspecified atom stereocenters. The molecule has 0 aliphatic rings. The molecule has 2 N–H and O–H groups in total. The summed E-state index contributed by atoms with van der Waals surface area (Å²) in [6, 6.07) is 9.15. The van der Waals surface area contributed by atoms with Gasteiger partial charge in [0.05, 0.1) is 0 Å². The van der Waals surface area contributed by atoms with Crippen molar-refractivity contribution in [3.8, 4) is 5.75 Å². The van der Waals surface area contributed by atoms with Crippen molar-refractivity contribution in [1.82, 2.24) is 10.9 Å². The highest BCUT2D eigenvalue weighted by molar-refractivity contribution is 9.10. The summed E-state index contributed by atoms with van der Waals surface area (Å²) in [5.74, 6) is -0.291. The number of hydrazine groups is 1. The van der Waals surface area contributed by atoms with Gasteiger partial charge in [-0.2, -0.15) is 0 Å². The number of thiophene rings is 1. The fraction of sp³-hybridized carbons (Fsp3) is 0.176. The Kier molecular flexibility index (Phi) is 6.57. The fourth-order valence-electron chi connectivity index (χ4n) is 1.77. The van der Waals surface area contributed by atoms with Crippen molar-refractivity contribution in [3.05, 3.63) is 56.7 Å². The van der Waals surface area contributed by atoms with E-state index in [2.05, 4.69) is 26.8 Å². The van der Waals surface area contributed by atoms with E-state index in [0.29, 0.717) is 5.75 Å². The van der Waals surface area contributed by atoms with Gasteiger partial charge < -0.3 is 4.74 Å². The molecule has 0 aliphatic carbocycles. The van der Waals surface area contributed by atoms with Crippen LogP contribution >= 0.6 is 27.3 Å². The molecule has 24 heavy (non-hydrogen) atoms. The smallest absolute Gasteiger partial charge is 0.279 e. The number of amides is 2. The molecule has 1 aromatic carbocycles. The second kappa shape index (κ2) is 8.65. The van der Waals surface area contributed by atoms with Gasteiger partial charge in [-0.25, -0.2) is 0 Å². The number of nitrogens with one attached hydrogen (secondary N) is 2. The molecule has 0 aliphatic heterocycles. The van der Waals surface area contributed by atoms with Gasteiger partial charge in [0.2, 0.25) is 0 Å². The van der Waals surface area contributed by atoms with Gasteiger partial charge in [0, 0.05) is 15.4 Å². The van der Waals surface area contributed by atoms with Crippen molar-refractivity contribution in [2.75, 3.05) is 0 Å². The van der Waals surface area contributed by atoms with E-state index in [4.69, 9.17) is 4.74 Å². The third-order valence-corrected chi connectivity index (χ3v) is 4.55. The van der Waals surface area contributed by atoms with E-state index < -0.39 is 17.9 Å². The Labute approximate surface area is 152 Å². The third kappa shape index (κ3) is 5.50. The molecule has 1 aromatic heterocycles. The van der Waals surface area contributed by atoms with Gasteiger partial charge in [-0.1, -0.05) is 22.0 Å². The second-order valence-electron chi connectivity index (χ2n) is 5.00. The van der Waals surface area contributed by atoms with Crippen LogP contribution in [0.3, 0.4) is 0 Å². The maximum atomic E-state index is 11.9. The highest BCUT2D eigenvalue weighted by atomic mass is 79.9. The molecule has 0 bridgehead atoms. The summed E-state index contributed by atoms with van der Waals surface area (Å²) in [7, 11) is 0. The largest absolute Gasteiger partial charge is 0.481 e. The van der Waals surface area contributed by atoms with Crippen LogP contribution in [-0.4, -0.2) is 17.9 Å². The number of rotatable bonds is 5. The lowest BCUT2D eigenvalue weighted by molar-refractivity contribution is -0.131. The number of hydrogen-bond acceptors (Lipinski definition) is 4. The first-order chi connectivity index (χ1) is 11.5. The summed E-state index contributed by atoms with van der Waals surface area (Å²) >= 11 is 4.88. The molecule has 0 fully saturated rings. The minimum Gasteiger partial charge on any atom is -0.481 e. The number of benzene rings is 1. The van der Waals surface area contributed by atoms with E-state index in [9.17, 15) is 9.59 Å². The highest BCUT2D eigenvalue weighted by Gasteiger charge is 2.15. The summed E-state index contributed by atoms with van der Waals surface area (Å²) in [6.45, 7) is 3.57. The Morgan fingerprint density at radius 1 is 1.29 bits per heavy atom. The molecule has 0 saturated carbocycles. The van der Waals surface area contributed by atoms with Gasteiger partial charge in [0.1, 0.15) is 5.75 Å². The molecule has 1 atom stereocenters. The molecular weight excluding hydrogens is 392 g/mol. The zero-order valence-corrected chi connectivity index (χ0v) is 15.6. The van der Waals surface area contributed by atoms with E-state index >= 15 is 0 Å². The first-order valence-electron chi connectivity index (χ1n) is 7.20. The van der Waals surface area contributed by atoms with Crippen molar-refractivity contribution >= 4 is 45.2 Å². The summed E-state index contributed by atoms with van der Waals surface area (Å²) in [5, 5.41) is 1.95. The maximum absolute atomic E-state index is 11.9. The molecule has 126 valence electrons. The van der Waals surface area contributed by atoms with Crippen LogP contribution in [0.5, 0.6) is 5.75 Å². The fourth-order valence-corrected chi connectivity index (χ4v) is 2.97. The first-order valence-corrected chi connectivity index (χ1v) is 8.87. The minimum atomic E-state index is -0.747. The molecule has 7 heteroatoms. The Bertz CT molecular complexity index is 758. The number of halogens is 1. The zero-order valence-electron chi connectivity index (χ0n) is 13.2. The summed E-state index contributed by atoms with van der Waals surface area (Å²) in [6.07, 6.45) is 2.34. The quantitative estimate of drug-likeness (QED) is 0.587. The van der Waals surface area contributed by atoms with Crippen LogP contribution in [0.15, 0.2) is 46.3 Å². The molecule has 0 spiro atoms. The van der Waals surface area contributed by atoms with Gasteiger partial charge in [-0.3, -0.25) is 20.4 Å². The second-order valence-corrected chi connectivity index (χ2v) is 6.86. The first kappa shape index (κ1) is 18.2.